The van der Waals surface area contributed by atoms with Crippen LogP contribution in [0.25, 0.3) is 0 Å². The minimum atomic E-state index is -0.279. The van der Waals surface area contributed by atoms with E-state index in [0.29, 0.717) is 31.2 Å². The van der Waals surface area contributed by atoms with Crippen molar-refractivity contribution in [2.45, 2.75) is 44.9 Å². The lowest BCUT2D eigenvalue weighted by atomic mass is 10.1. The Bertz CT molecular complexity index is 646. The highest BCUT2D eigenvalue weighted by molar-refractivity contribution is 14.0. The standard InChI is InChI=1S/C20H32N4O3.HI/c1-20(2,26-4)14-24-19(21-3)23-12-15-7-5-8-16(11-15)18(25)22-13-17-9-6-10-27-17;/h5,7-8,11,17H,6,9-10,12-14H2,1-4H3,(H,22,25)(H2,21,23,24);1H. The van der Waals surface area contributed by atoms with Crippen LogP contribution in [0, 0.1) is 0 Å². The van der Waals surface area contributed by atoms with E-state index in [9.17, 15) is 4.79 Å². The number of hydrogen-bond acceptors (Lipinski definition) is 4. The molecule has 2 rings (SSSR count). The predicted octanol–water partition coefficient (Wildman–Crippen LogP) is 2.30. The molecule has 1 amide bonds. The highest BCUT2D eigenvalue weighted by Gasteiger charge is 2.17. The van der Waals surface area contributed by atoms with Crippen molar-refractivity contribution in [3.8, 4) is 0 Å². The molecule has 158 valence electrons. The quantitative estimate of drug-likeness (QED) is 0.288. The lowest BCUT2D eigenvalue weighted by molar-refractivity contribution is 0.0268. The van der Waals surface area contributed by atoms with Gasteiger partial charge in [-0.15, -0.1) is 24.0 Å². The summed E-state index contributed by atoms with van der Waals surface area (Å²) in [5, 5.41) is 9.45. The molecule has 0 saturated carbocycles. The number of benzene rings is 1. The van der Waals surface area contributed by atoms with Crippen LogP contribution >= 0.6 is 24.0 Å². The van der Waals surface area contributed by atoms with Gasteiger partial charge in [-0.25, -0.2) is 0 Å². The first-order valence-corrected chi connectivity index (χ1v) is 9.42. The number of nitrogens with one attached hydrogen (secondary N) is 3. The van der Waals surface area contributed by atoms with E-state index in [0.717, 1.165) is 25.0 Å². The molecule has 1 unspecified atom stereocenters. The minimum Gasteiger partial charge on any atom is -0.377 e. The number of carbonyl (C=O) groups is 1. The van der Waals surface area contributed by atoms with E-state index in [2.05, 4.69) is 20.9 Å². The van der Waals surface area contributed by atoms with E-state index in [1.807, 2.05) is 38.1 Å². The average Bonchev–Trinajstić information content (AvgIpc) is 3.20. The van der Waals surface area contributed by atoms with Crippen LogP contribution in [-0.2, 0) is 16.0 Å². The molecule has 8 heteroatoms. The van der Waals surface area contributed by atoms with Gasteiger partial charge >= 0.3 is 0 Å². The number of nitrogens with zero attached hydrogens (tertiary/aromatic N) is 1. The zero-order valence-electron chi connectivity index (χ0n) is 17.2. The summed E-state index contributed by atoms with van der Waals surface area (Å²) in [6, 6.07) is 7.59. The summed E-state index contributed by atoms with van der Waals surface area (Å²) in [6.07, 6.45) is 2.22. The van der Waals surface area contributed by atoms with Crippen LogP contribution in [0.3, 0.4) is 0 Å². The smallest absolute Gasteiger partial charge is 0.251 e. The van der Waals surface area contributed by atoms with Crippen molar-refractivity contribution in [1.82, 2.24) is 16.0 Å². The second kappa shape index (κ2) is 12.2. The van der Waals surface area contributed by atoms with Gasteiger partial charge in [-0.05, 0) is 44.4 Å². The number of hydrogen-bond donors (Lipinski definition) is 3. The van der Waals surface area contributed by atoms with Crippen molar-refractivity contribution in [2.24, 2.45) is 4.99 Å². The maximum absolute atomic E-state index is 12.4. The van der Waals surface area contributed by atoms with E-state index in [1.54, 1.807) is 14.2 Å². The predicted molar refractivity (Wildman–Crippen MR) is 122 cm³/mol. The largest absolute Gasteiger partial charge is 0.377 e. The number of rotatable bonds is 8. The summed E-state index contributed by atoms with van der Waals surface area (Å²) >= 11 is 0. The van der Waals surface area contributed by atoms with Crippen LogP contribution in [0.2, 0.25) is 0 Å². The molecule has 3 N–H and O–H groups in total. The summed E-state index contributed by atoms with van der Waals surface area (Å²) in [4.78, 5) is 16.6. The Morgan fingerprint density at radius 1 is 1.32 bits per heavy atom. The van der Waals surface area contributed by atoms with E-state index < -0.39 is 0 Å². The Balaban J connectivity index is 0.00000392. The number of methoxy groups -OCH3 is 1. The number of carbonyl (C=O) groups excluding carboxylic acids is 1. The zero-order valence-corrected chi connectivity index (χ0v) is 19.5. The van der Waals surface area contributed by atoms with E-state index in [4.69, 9.17) is 9.47 Å². The molecule has 1 aromatic rings. The SMILES string of the molecule is CN=C(NCc1cccc(C(=O)NCC2CCCO2)c1)NCC(C)(C)OC.I. The van der Waals surface area contributed by atoms with Gasteiger partial charge in [0.05, 0.1) is 11.7 Å². The molecule has 7 nitrogen and oxygen atoms in total. The van der Waals surface area contributed by atoms with Crippen LogP contribution in [0.4, 0.5) is 0 Å². The molecule has 0 radical (unpaired) electrons. The minimum absolute atomic E-state index is 0. The monoisotopic (exact) mass is 504 g/mol. The molecule has 1 aromatic carbocycles. The van der Waals surface area contributed by atoms with Gasteiger partial charge in [0.15, 0.2) is 5.96 Å². The Labute approximate surface area is 185 Å². The molecular weight excluding hydrogens is 471 g/mol. The zero-order chi connectivity index (χ0) is 19.7. The van der Waals surface area contributed by atoms with Crippen molar-refractivity contribution < 1.29 is 14.3 Å². The second-order valence-electron chi connectivity index (χ2n) is 7.29. The van der Waals surface area contributed by atoms with Crippen LogP contribution in [-0.4, -0.2) is 57.4 Å². The Morgan fingerprint density at radius 3 is 2.75 bits per heavy atom. The van der Waals surface area contributed by atoms with Gasteiger partial charge in [0.2, 0.25) is 0 Å². The third-order valence-corrected chi connectivity index (χ3v) is 4.62. The van der Waals surface area contributed by atoms with Crippen molar-refractivity contribution in [3.05, 3.63) is 35.4 Å². The maximum Gasteiger partial charge on any atom is 0.251 e. The van der Waals surface area contributed by atoms with Gasteiger partial charge in [0.25, 0.3) is 5.91 Å². The van der Waals surface area contributed by atoms with Gasteiger partial charge in [-0.2, -0.15) is 0 Å². The number of ether oxygens (including phenoxy) is 2. The summed E-state index contributed by atoms with van der Waals surface area (Å²) in [5.41, 5.74) is 1.38. The van der Waals surface area contributed by atoms with Crippen LogP contribution in [0.5, 0.6) is 0 Å². The first-order chi connectivity index (χ1) is 12.9. The van der Waals surface area contributed by atoms with Crippen molar-refractivity contribution in [2.75, 3.05) is 33.9 Å². The van der Waals surface area contributed by atoms with Crippen LogP contribution < -0.4 is 16.0 Å². The molecule has 0 aliphatic carbocycles. The Kier molecular flexibility index (Phi) is 10.8. The fourth-order valence-electron chi connectivity index (χ4n) is 2.71. The number of aliphatic imine (C=N–C) groups is 1. The fourth-order valence-corrected chi connectivity index (χ4v) is 2.71. The van der Waals surface area contributed by atoms with E-state index >= 15 is 0 Å². The van der Waals surface area contributed by atoms with Crippen molar-refractivity contribution >= 4 is 35.8 Å². The maximum atomic E-state index is 12.4. The van der Waals surface area contributed by atoms with Crippen LogP contribution in [0.1, 0.15) is 42.6 Å². The summed E-state index contributed by atoms with van der Waals surface area (Å²) in [5.74, 6) is 0.616. The number of halogens is 1. The molecular formula is C20H33IN4O3. The first kappa shape index (κ1) is 24.6. The highest BCUT2D eigenvalue weighted by atomic mass is 127. The van der Waals surface area contributed by atoms with Gasteiger partial charge in [-0.1, -0.05) is 12.1 Å². The summed E-state index contributed by atoms with van der Waals surface area (Å²) in [6.45, 7) is 6.57. The molecule has 1 aliphatic rings. The lowest BCUT2D eigenvalue weighted by Crippen LogP contribution is -2.45. The lowest BCUT2D eigenvalue weighted by Gasteiger charge is -2.24. The summed E-state index contributed by atoms with van der Waals surface area (Å²) < 4.78 is 10.9. The third-order valence-electron chi connectivity index (χ3n) is 4.62. The van der Waals surface area contributed by atoms with E-state index in [1.165, 1.54) is 0 Å². The number of guanidine groups is 1. The molecule has 0 bridgehead atoms. The number of amides is 1. The fraction of sp³-hybridized carbons (Fsp3) is 0.600. The molecule has 1 heterocycles. The van der Waals surface area contributed by atoms with Crippen LogP contribution in [0.15, 0.2) is 29.3 Å². The van der Waals surface area contributed by atoms with Gasteiger partial charge in [0.1, 0.15) is 0 Å². The topological polar surface area (TPSA) is 84.0 Å². The molecule has 28 heavy (non-hydrogen) atoms. The molecule has 1 saturated heterocycles. The summed E-state index contributed by atoms with van der Waals surface area (Å²) in [7, 11) is 3.41. The first-order valence-electron chi connectivity index (χ1n) is 9.42. The van der Waals surface area contributed by atoms with Gasteiger partial charge in [0, 0.05) is 46.0 Å². The van der Waals surface area contributed by atoms with E-state index in [-0.39, 0.29) is 41.6 Å². The Morgan fingerprint density at radius 2 is 2.11 bits per heavy atom. The Hall–Kier alpha value is -1.39. The van der Waals surface area contributed by atoms with Gasteiger partial charge in [-0.3, -0.25) is 9.79 Å². The molecule has 0 spiro atoms. The third kappa shape index (κ3) is 8.32. The highest BCUT2D eigenvalue weighted by Crippen LogP contribution is 2.11. The molecule has 0 aromatic heterocycles. The normalized spacial score (nSPS) is 17.0. The average molecular weight is 504 g/mol. The van der Waals surface area contributed by atoms with Crippen molar-refractivity contribution in [3.63, 3.8) is 0 Å². The second-order valence-corrected chi connectivity index (χ2v) is 7.29. The molecule has 1 atom stereocenters. The van der Waals surface area contributed by atoms with Gasteiger partial charge < -0.3 is 25.4 Å². The molecule has 1 fully saturated rings. The molecule has 1 aliphatic heterocycles. The van der Waals surface area contributed by atoms with Crippen molar-refractivity contribution in [1.29, 1.82) is 0 Å².